The molecule has 326 valence electrons. The summed E-state index contributed by atoms with van der Waals surface area (Å²) in [5.74, 6) is 0. The lowest BCUT2D eigenvalue weighted by molar-refractivity contribution is 1.29. The van der Waals surface area contributed by atoms with E-state index in [9.17, 15) is 0 Å². The van der Waals surface area contributed by atoms with Crippen molar-refractivity contribution in [2.45, 2.75) is 0 Å². The maximum absolute atomic E-state index is 5.05. The second-order valence-electron chi connectivity index (χ2n) is 18.1. The number of para-hydroxylation sites is 4. The van der Waals surface area contributed by atoms with Gasteiger partial charge < -0.3 is 9.80 Å². The van der Waals surface area contributed by atoms with Crippen LogP contribution in [0.3, 0.4) is 0 Å². The quantitative estimate of drug-likeness (QED) is 0.142. The minimum Gasteiger partial charge on any atom is -0.308 e. The molecule has 0 aliphatic carbocycles. The van der Waals surface area contributed by atoms with Gasteiger partial charge in [0, 0.05) is 56.1 Å². The van der Waals surface area contributed by atoms with Crippen LogP contribution in [0.25, 0.3) is 97.9 Å². The van der Waals surface area contributed by atoms with Gasteiger partial charge in [-0.05, 0) is 127 Å². The van der Waals surface area contributed by atoms with Gasteiger partial charge in [-0.3, -0.25) is 9.97 Å². The number of benzene rings is 12. The lowest BCUT2D eigenvalue weighted by Crippen LogP contribution is -2.13. The van der Waals surface area contributed by atoms with Crippen LogP contribution in [-0.4, -0.2) is 9.97 Å². The Morgan fingerprint density at radius 2 is 0.643 bits per heavy atom. The first-order chi connectivity index (χ1) is 34.7. The summed E-state index contributed by atoms with van der Waals surface area (Å²) in [4.78, 5) is 15.0. The number of nitrogens with zero attached hydrogens (tertiary/aromatic N) is 4. The topological polar surface area (TPSA) is 32.3 Å². The Balaban J connectivity index is 1.17. The first-order valence-corrected chi connectivity index (χ1v) is 23.9. The van der Waals surface area contributed by atoms with Gasteiger partial charge >= 0.3 is 0 Å². The molecule has 70 heavy (non-hydrogen) atoms. The van der Waals surface area contributed by atoms with E-state index in [2.05, 4.69) is 240 Å². The van der Waals surface area contributed by atoms with E-state index in [0.29, 0.717) is 0 Å². The fraction of sp³-hybridized carbons (Fsp3) is 0. The SMILES string of the molecule is c1ccc(N(c2cc(-c3ccc4ccccc4c3)c3ccc4c(N(c5ccccc5)c5cccc6cccnc56)cc(-c5ccc6ccccc6c5)c5ccc2c3c54)c2cccc3cccnc23)cc1. The van der Waals surface area contributed by atoms with Gasteiger partial charge in [0.1, 0.15) is 0 Å². The van der Waals surface area contributed by atoms with Crippen LogP contribution in [0.2, 0.25) is 0 Å². The monoisotopic (exact) mass is 890 g/mol. The molecule has 2 heterocycles. The molecular formula is C66H42N4. The van der Waals surface area contributed by atoms with E-state index in [1.807, 2.05) is 24.5 Å². The van der Waals surface area contributed by atoms with Crippen LogP contribution >= 0.6 is 0 Å². The van der Waals surface area contributed by atoms with E-state index < -0.39 is 0 Å². The van der Waals surface area contributed by atoms with Gasteiger partial charge in [0.2, 0.25) is 0 Å². The average molecular weight is 891 g/mol. The molecular weight excluding hydrogens is 849 g/mol. The van der Waals surface area contributed by atoms with Gasteiger partial charge in [0.25, 0.3) is 0 Å². The second-order valence-corrected chi connectivity index (χ2v) is 18.1. The third-order valence-electron chi connectivity index (χ3n) is 14.2. The molecule has 0 spiro atoms. The first-order valence-electron chi connectivity index (χ1n) is 23.9. The van der Waals surface area contributed by atoms with Crippen LogP contribution in [0.5, 0.6) is 0 Å². The number of aromatic nitrogens is 2. The van der Waals surface area contributed by atoms with Gasteiger partial charge in [-0.15, -0.1) is 0 Å². The molecule has 4 heteroatoms. The highest BCUT2D eigenvalue weighted by Crippen LogP contribution is 2.53. The van der Waals surface area contributed by atoms with Crippen molar-refractivity contribution in [3.05, 3.63) is 255 Å². The maximum Gasteiger partial charge on any atom is 0.0942 e. The van der Waals surface area contributed by atoms with E-state index in [0.717, 1.165) is 89.0 Å². The number of hydrogen-bond donors (Lipinski definition) is 0. The summed E-state index contributed by atoms with van der Waals surface area (Å²) in [6, 6.07) is 88.4. The molecule has 0 unspecified atom stereocenters. The van der Waals surface area contributed by atoms with E-state index in [4.69, 9.17) is 9.97 Å². The highest BCUT2D eigenvalue weighted by Gasteiger charge is 2.27. The third-order valence-corrected chi connectivity index (χ3v) is 14.2. The van der Waals surface area contributed by atoms with Crippen LogP contribution in [0.1, 0.15) is 0 Å². The van der Waals surface area contributed by atoms with Crippen molar-refractivity contribution in [1.82, 2.24) is 9.97 Å². The summed E-state index contributed by atoms with van der Waals surface area (Å²) in [7, 11) is 0. The van der Waals surface area contributed by atoms with Crippen LogP contribution in [0, 0.1) is 0 Å². The molecule has 0 saturated carbocycles. The van der Waals surface area contributed by atoms with Gasteiger partial charge in [-0.2, -0.15) is 0 Å². The Bertz CT molecular complexity index is 4030. The Labute approximate surface area is 404 Å². The van der Waals surface area contributed by atoms with Crippen molar-refractivity contribution in [3.8, 4) is 22.3 Å². The van der Waals surface area contributed by atoms with Crippen LogP contribution in [0.15, 0.2) is 255 Å². The molecule has 0 radical (unpaired) electrons. The molecule has 0 atom stereocenters. The van der Waals surface area contributed by atoms with Gasteiger partial charge in [0.05, 0.1) is 33.8 Å². The molecule has 2 aromatic heterocycles. The van der Waals surface area contributed by atoms with Crippen molar-refractivity contribution in [2.24, 2.45) is 0 Å². The van der Waals surface area contributed by atoms with Crippen molar-refractivity contribution < 1.29 is 0 Å². The number of fused-ring (bicyclic) bond motifs is 4. The van der Waals surface area contributed by atoms with E-state index in [-0.39, 0.29) is 0 Å². The zero-order valence-electron chi connectivity index (χ0n) is 38.0. The van der Waals surface area contributed by atoms with E-state index in [1.165, 1.54) is 43.1 Å². The van der Waals surface area contributed by atoms with E-state index >= 15 is 0 Å². The van der Waals surface area contributed by atoms with Gasteiger partial charge in [0.15, 0.2) is 0 Å². The van der Waals surface area contributed by atoms with Crippen molar-refractivity contribution >= 4 is 110 Å². The third kappa shape index (κ3) is 6.38. The molecule has 0 amide bonds. The van der Waals surface area contributed by atoms with Crippen LogP contribution in [0.4, 0.5) is 34.1 Å². The van der Waals surface area contributed by atoms with Crippen molar-refractivity contribution in [3.63, 3.8) is 0 Å². The highest BCUT2D eigenvalue weighted by molar-refractivity contribution is 6.33. The summed E-state index contributed by atoms with van der Waals surface area (Å²) in [6.07, 6.45) is 3.80. The summed E-state index contributed by atoms with van der Waals surface area (Å²) < 4.78 is 0. The van der Waals surface area contributed by atoms with Gasteiger partial charge in [-0.1, -0.05) is 170 Å². The maximum atomic E-state index is 5.05. The van der Waals surface area contributed by atoms with Crippen LogP contribution < -0.4 is 9.80 Å². The predicted octanol–water partition coefficient (Wildman–Crippen LogP) is 18.3. The zero-order chi connectivity index (χ0) is 46.1. The largest absolute Gasteiger partial charge is 0.308 e. The molecule has 4 nitrogen and oxygen atoms in total. The Hall–Kier alpha value is -9.38. The molecule has 0 aliphatic heterocycles. The Morgan fingerprint density at radius 1 is 0.257 bits per heavy atom. The van der Waals surface area contributed by atoms with E-state index in [1.54, 1.807) is 0 Å². The lowest BCUT2D eigenvalue weighted by Gasteiger charge is -2.31. The molecule has 12 aromatic carbocycles. The Morgan fingerprint density at radius 3 is 1.10 bits per heavy atom. The molecule has 0 saturated heterocycles. The normalized spacial score (nSPS) is 11.7. The molecule has 14 aromatic rings. The van der Waals surface area contributed by atoms with Crippen molar-refractivity contribution in [1.29, 1.82) is 0 Å². The molecule has 0 aliphatic rings. The predicted molar refractivity (Wildman–Crippen MR) is 296 cm³/mol. The summed E-state index contributed by atoms with van der Waals surface area (Å²) in [5, 5.41) is 14.1. The smallest absolute Gasteiger partial charge is 0.0942 e. The number of pyridine rings is 2. The fourth-order valence-electron chi connectivity index (χ4n) is 11.0. The lowest BCUT2D eigenvalue weighted by atomic mass is 9.84. The summed E-state index contributed by atoms with van der Waals surface area (Å²) in [6.45, 7) is 0. The second kappa shape index (κ2) is 16.2. The first kappa shape index (κ1) is 39.8. The standard InChI is InChI=1S/C66H42N4/c1-3-23-51(24-4-1)69(59-27-11-19-45-21-13-37-67-65(45)59)61-41-57(49-31-29-43-15-7-9-17-47(43)39-49)53-34-36-56-62(70(52-25-5-2-6-26-52)60-28-12-20-46-22-14-38-68-66(46)60)42-58(54-33-35-55(61)63(53)64(54)56)50-32-30-44-16-8-10-18-48(44)40-50/h1-42H. The fourth-order valence-corrected chi connectivity index (χ4v) is 11.0. The number of rotatable bonds is 8. The highest BCUT2D eigenvalue weighted by atomic mass is 15.2. The zero-order valence-corrected chi connectivity index (χ0v) is 38.0. The number of hydrogen-bond acceptors (Lipinski definition) is 4. The van der Waals surface area contributed by atoms with Crippen molar-refractivity contribution in [2.75, 3.05) is 9.80 Å². The Kier molecular flexibility index (Phi) is 9.17. The minimum atomic E-state index is 0.940. The summed E-state index contributed by atoms with van der Waals surface area (Å²) in [5.41, 5.74) is 12.8. The van der Waals surface area contributed by atoms with Gasteiger partial charge in [-0.25, -0.2) is 0 Å². The molecule has 0 fully saturated rings. The molecule has 0 N–H and O–H groups in total. The summed E-state index contributed by atoms with van der Waals surface area (Å²) >= 11 is 0. The van der Waals surface area contributed by atoms with Crippen LogP contribution in [-0.2, 0) is 0 Å². The molecule has 14 rings (SSSR count). The average Bonchev–Trinajstić information content (AvgIpc) is 3.43. The molecule has 0 bridgehead atoms. The number of anilines is 6. The minimum absolute atomic E-state index is 0.940.